The molecular weight excluding hydrogens is 326 g/mol. The highest BCUT2D eigenvalue weighted by molar-refractivity contribution is 7.90. The van der Waals surface area contributed by atoms with Gasteiger partial charge in [0.15, 0.2) is 0 Å². The molecule has 0 spiro atoms. The molecule has 1 aliphatic rings. The Balaban J connectivity index is 2.38. The van der Waals surface area contributed by atoms with Gasteiger partial charge >= 0.3 is 0 Å². The molecule has 24 heavy (non-hydrogen) atoms. The summed E-state index contributed by atoms with van der Waals surface area (Å²) in [5, 5.41) is 2.89. The van der Waals surface area contributed by atoms with Crippen LogP contribution >= 0.6 is 0 Å². The maximum Gasteiger partial charge on any atom is 0.286 e. The van der Waals surface area contributed by atoms with Gasteiger partial charge in [-0.25, -0.2) is 0 Å². The van der Waals surface area contributed by atoms with Crippen molar-refractivity contribution in [3.63, 3.8) is 0 Å². The van der Waals surface area contributed by atoms with Crippen LogP contribution in [0.2, 0.25) is 0 Å². The summed E-state index contributed by atoms with van der Waals surface area (Å²) in [5.41, 5.74) is 0.925. The quantitative estimate of drug-likeness (QED) is 0.854. The van der Waals surface area contributed by atoms with Crippen molar-refractivity contribution in [2.24, 2.45) is 4.40 Å². The molecule has 1 amide bonds. The molecule has 0 radical (unpaired) electrons. The first-order valence-electron chi connectivity index (χ1n) is 8.34. The topological polar surface area (TPSA) is 78.8 Å². The lowest BCUT2D eigenvalue weighted by Crippen LogP contribution is -2.35. The minimum atomic E-state index is -3.77. The number of hydrogen-bond donors (Lipinski definition) is 1. The Morgan fingerprint density at radius 3 is 2.62 bits per heavy atom. The van der Waals surface area contributed by atoms with Crippen LogP contribution in [-0.4, -0.2) is 32.7 Å². The molecule has 1 N–H and O–H groups in total. The van der Waals surface area contributed by atoms with Gasteiger partial charge in [-0.3, -0.25) is 4.79 Å². The predicted molar refractivity (Wildman–Crippen MR) is 96.2 cm³/mol. The van der Waals surface area contributed by atoms with Crippen LogP contribution < -0.4 is 10.2 Å². The Morgan fingerprint density at radius 2 is 2.00 bits per heavy atom. The zero-order chi connectivity index (χ0) is 17.9. The summed E-state index contributed by atoms with van der Waals surface area (Å²) in [6.45, 7) is 8.37. The fraction of sp³-hybridized carbons (Fsp3) is 0.529. The zero-order valence-corrected chi connectivity index (χ0v) is 15.5. The first-order valence-corrected chi connectivity index (χ1v) is 9.78. The molecule has 1 heterocycles. The van der Waals surface area contributed by atoms with Gasteiger partial charge in [-0.05, 0) is 44.9 Å². The molecule has 0 bridgehead atoms. The van der Waals surface area contributed by atoms with Gasteiger partial charge in [0, 0.05) is 18.2 Å². The number of fused-ring (bicyclic) bond motifs is 1. The van der Waals surface area contributed by atoms with Crippen LogP contribution in [0.3, 0.4) is 0 Å². The summed E-state index contributed by atoms with van der Waals surface area (Å²) in [5.74, 6) is 0.195. The molecule has 0 saturated heterocycles. The first kappa shape index (κ1) is 18.4. The summed E-state index contributed by atoms with van der Waals surface area (Å²) >= 11 is 0. The lowest BCUT2D eigenvalue weighted by molar-refractivity contribution is 0.0938. The predicted octanol–water partition coefficient (Wildman–Crippen LogP) is 2.94. The van der Waals surface area contributed by atoms with Crippen molar-refractivity contribution in [3.8, 4) is 0 Å². The standard InChI is InChI=1S/C17H25N3O3S/c1-5-7-12(3)18-17(21)14-8-9-15-16(11-14)24(22,23)19-13(4)20(15)10-6-2/h8-9,11-12H,5-7,10H2,1-4H3,(H,18,21)/t12-/m1/s1. The number of carbonyl (C=O) groups excluding carboxylic acids is 1. The Bertz CT molecular complexity index is 756. The largest absolute Gasteiger partial charge is 0.350 e. The normalized spacial score (nSPS) is 17.0. The van der Waals surface area contributed by atoms with E-state index in [1.165, 1.54) is 6.07 Å². The number of anilines is 1. The van der Waals surface area contributed by atoms with Crippen molar-refractivity contribution in [3.05, 3.63) is 23.8 Å². The van der Waals surface area contributed by atoms with E-state index in [4.69, 9.17) is 0 Å². The highest BCUT2D eigenvalue weighted by atomic mass is 32.2. The highest BCUT2D eigenvalue weighted by Gasteiger charge is 2.29. The number of nitrogens with zero attached hydrogens (tertiary/aromatic N) is 2. The van der Waals surface area contributed by atoms with Crippen LogP contribution in [0.15, 0.2) is 27.5 Å². The molecule has 0 aromatic heterocycles. The molecule has 0 unspecified atom stereocenters. The Morgan fingerprint density at radius 1 is 1.29 bits per heavy atom. The maximum absolute atomic E-state index is 12.4. The molecular formula is C17H25N3O3S. The Kier molecular flexibility index (Phi) is 5.64. The van der Waals surface area contributed by atoms with Gasteiger partial charge in [0.2, 0.25) is 0 Å². The minimum absolute atomic E-state index is 0.0481. The van der Waals surface area contributed by atoms with E-state index in [0.29, 0.717) is 23.6 Å². The van der Waals surface area contributed by atoms with Gasteiger partial charge in [0.25, 0.3) is 15.9 Å². The number of nitrogens with one attached hydrogen (secondary N) is 1. The number of hydrogen-bond acceptors (Lipinski definition) is 4. The first-order chi connectivity index (χ1) is 11.3. The van der Waals surface area contributed by atoms with E-state index in [-0.39, 0.29) is 16.8 Å². The lowest BCUT2D eigenvalue weighted by Gasteiger charge is -2.29. The van der Waals surface area contributed by atoms with Crippen molar-refractivity contribution >= 4 is 27.5 Å². The van der Waals surface area contributed by atoms with Gasteiger partial charge in [0.1, 0.15) is 10.7 Å². The molecule has 1 aliphatic heterocycles. The van der Waals surface area contributed by atoms with Crippen molar-refractivity contribution < 1.29 is 13.2 Å². The van der Waals surface area contributed by atoms with Gasteiger partial charge in [-0.15, -0.1) is 4.40 Å². The van der Waals surface area contributed by atoms with Crippen molar-refractivity contribution in [1.29, 1.82) is 0 Å². The number of amides is 1. The summed E-state index contributed by atoms with van der Waals surface area (Å²) in [4.78, 5) is 14.3. The highest BCUT2D eigenvalue weighted by Crippen LogP contribution is 2.32. The number of amidine groups is 1. The minimum Gasteiger partial charge on any atom is -0.350 e. The van der Waals surface area contributed by atoms with E-state index < -0.39 is 10.0 Å². The molecule has 1 aromatic rings. The Labute approximate surface area is 144 Å². The number of sulfonamides is 1. The number of rotatable bonds is 6. The summed E-state index contributed by atoms with van der Waals surface area (Å²) < 4.78 is 28.6. The summed E-state index contributed by atoms with van der Waals surface area (Å²) in [6, 6.07) is 4.84. The monoisotopic (exact) mass is 351 g/mol. The third-order valence-electron chi connectivity index (χ3n) is 3.98. The molecule has 0 fully saturated rings. The summed E-state index contributed by atoms with van der Waals surface area (Å²) in [7, 11) is -3.77. The van der Waals surface area contributed by atoms with Crippen molar-refractivity contribution in [1.82, 2.24) is 5.32 Å². The third kappa shape index (κ3) is 3.77. The van der Waals surface area contributed by atoms with E-state index in [9.17, 15) is 13.2 Å². The zero-order valence-electron chi connectivity index (χ0n) is 14.7. The van der Waals surface area contributed by atoms with Crippen LogP contribution in [0.5, 0.6) is 0 Å². The molecule has 7 heteroatoms. The van der Waals surface area contributed by atoms with Crippen LogP contribution in [0.4, 0.5) is 5.69 Å². The lowest BCUT2D eigenvalue weighted by atomic mass is 10.1. The Hall–Kier alpha value is -1.89. The second-order valence-corrected chi connectivity index (χ2v) is 7.68. The van der Waals surface area contributed by atoms with Crippen LogP contribution in [0, 0.1) is 0 Å². The number of carbonyl (C=O) groups is 1. The van der Waals surface area contributed by atoms with E-state index >= 15 is 0 Å². The van der Waals surface area contributed by atoms with E-state index in [1.54, 1.807) is 19.1 Å². The average Bonchev–Trinajstić information content (AvgIpc) is 2.50. The molecule has 1 atom stereocenters. The molecule has 132 valence electrons. The molecule has 0 aliphatic carbocycles. The second-order valence-electron chi connectivity index (χ2n) is 6.11. The van der Waals surface area contributed by atoms with E-state index in [2.05, 4.69) is 16.6 Å². The molecule has 0 saturated carbocycles. The second kappa shape index (κ2) is 7.34. The van der Waals surface area contributed by atoms with E-state index in [0.717, 1.165) is 19.3 Å². The average molecular weight is 351 g/mol. The maximum atomic E-state index is 12.4. The van der Waals surface area contributed by atoms with Crippen LogP contribution in [0.1, 0.15) is 57.3 Å². The van der Waals surface area contributed by atoms with Crippen molar-refractivity contribution in [2.45, 2.75) is 57.9 Å². The van der Waals surface area contributed by atoms with Crippen molar-refractivity contribution in [2.75, 3.05) is 11.4 Å². The summed E-state index contributed by atoms with van der Waals surface area (Å²) in [6.07, 6.45) is 2.71. The molecule has 6 nitrogen and oxygen atoms in total. The van der Waals surface area contributed by atoms with Gasteiger partial charge in [-0.1, -0.05) is 20.3 Å². The van der Waals surface area contributed by atoms with Gasteiger partial charge in [0.05, 0.1) is 5.69 Å². The van der Waals surface area contributed by atoms with Gasteiger partial charge < -0.3 is 10.2 Å². The van der Waals surface area contributed by atoms with Gasteiger partial charge in [-0.2, -0.15) is 8.42 Å². The molecule has 2 rings (SSSR count). The number of benzene rings is 1. The smallest absolute Gasteiger partial charge is 0.286 e. The van der Waals surface area contributed by atoms with E-state index in [1.807, 2.05) is 18.7 Å². The SMILES string of the molecule is CCC[C@@H](C)NC(=O)c1ccc2c(c1)S(=O)(=O)N=C(C)N2CCC. The molecule has 1 aromatic carbocycles. The third-order valence-corrected chi connectivity index (χ3v) is 5.37. The fourth-order valence-corrected chi connectivity index (χ4v) is 4.11. The fourth-order valence-electron chi connectivity index (χ4n) is 2.85. The van der Waals surface area contributed by atoms with Crippen LogP contribution in [0.25, 0.3) is 0 Å². The van der Waals surface area contributed by atoms with Crippen LogP contribution in [-0.2, 0) is 10.0 Å².